The van der Waals surface area contributed by atoms with E-state index in [1.54, 1.807) is 22.8 Å². The third kappa shape index (κ3) is 3.74. The molecular formula is C17H13ClN2NaO4S-. The quantitative estimate of drug-likeness (QED) is 0.202. The molecule has 3 rings (SSSR count). The van der Waals surface area contributed by atoms with Crippen molar-refractivity contribution < 1.29 is 44.6 Å². The van der Waals surface area contributed by atoms with E-state index in [0.29, 0.717) is 26.2 Å². The van der Waals surface area contributed by atoms with Crippen LogP contribution in [-0.4, -0.2) is 33.4 Å². The van der Waals surface area contributed by atoms with E-state index in [2.05, 4.69) is 4.98 Å². The first-order valence-electron chi connectivity index (χ1n) is 7.05. The van der Waals surface area contributed by atoms with Crippen molar-refractivity contribution in [3.05, 3.63) is 45.2 Å². The Morgan fingerprint density at radius 2 is 1.92 bits per heavy atom. The Morgan fingerprint density at radius 3 is 2.50 bits per heavy atom. The van der Waals surface area contributed by atoms with Crippen LogP contribution in [0.3, 0.4) is 0 Å². The molecule has 0 aliphatic heterocycles. The first kappa shape index (κ1) is 22.8. The fourth-order valence-corrected chi connectivity index (χ4v) is 3.75. The average molecular weight is 400 g/mol. The van der Waals surface area contributed by atoms with Gasteiger partial charge in [-0.2, -0.15) is 0 Å². The van der Waals surface area contributed by atoms with Gasteiger partial charge in [-0.05, 0) is 30.5 Å². The van der Waals surface area contributed by atoms with Crippen LogP contribution >= 0.6 is 23.4 Å². The second kappa shape index (κ2) is 9.12. The molecular weight excluding hydrogens is 387 g/mol. The van der Waals surface area contributed by atoms with Gasteiger partial charge in [0.1, 0.15) is 11.3 Å². The van der Waals surface area contributed by atoms with Gasteiger partial charge in [0.15, 0.2) is 11.2 Å². The van der Waals surface area contributed by atoms with Crippen molar-refractivity contribution in [3.8, 4) is 0 Å². The van der Waals surface area contributed by atoms with E-state index in [1.807, 2.05) is 12.5 Å². The number of Topliss-reactive ketones (excluding diaryl/α,β-unsaturated/α-hetero) is 1. The second-order valence-electron chi connectivity index (χ2n) is 5.16. The minimum absolute atomic E-state index is 0. The molecule has 6 nitrogen and oxygen atoms in total. The van der Waals surface area contributed by atoms with Gasteiger partial charge < -0.3 is 14.8 Å². The maximum Gasteiger partial charge on any atom is 1.00 e. The second-order valence-corrected chi connectivity index (χ2v) is 6.38. The third-order valence-electron chi connectivity index (χ3n) is 3.76. The number of aromatic nitrogens is 2. The molecule has 0 atom stereocenters. The van der Waals surface area contributed by atoms with Crippen LogP contribution in [0, 0.1) is 0 Å². The SMILES string of the molecule is CSc1c(Cl)ccc2c(=O)c3ccc(C(C)=O)nc3n(C[C-]=O)c12.[Na+].[OH-]. The molecule has 0 bridgehead atoms. The molecule has 0 aliphatic carbocycles. The van der Waals surface area contributed by atoms with Crippen LogP contribution in [0.4, 0.5) is 0 Å². The minimum Gasteiger partial charge on any atom is -0.870 e. The van der Waals surface area contributed by atoms with E-state index in [-0.39, 0.29) is 64.1 Å². The van der Waals surface area contributed by atoms with E-state index in [0.717, 1.165) is 0 Å². The van der Waals surface area contributed by atoms with Crippen LogP contribution in [0.25, 0.3) is 21.9 Å². The molecule has 2 heterocycles. The van der Waals surface area contributed by atoms with Crippen molar-refractivity contribution in [2.24, 2.45) is 0 Å². The number of pyridine rings is 2. The van der Waals surface area contributed by atoms with E-state index in [4.69, 9.17) is 11.6 Å². The largest absolute Gasteiger partial charge is 1.00 e. The molecule has 0 saturated carbocycles. The van der Waals surface area contributed by atoms with Crippen LogP contribution in [0.1, 0.15) is 17.4 Å². The van der Waals surface area contributed by atoms with Crippen LogP contribution in [0.2, 0.25) is 5.02 Å². The topological polar surface area (TPSA) is 99.0 Å². The standard InChI is InChI=1S/C17H12ClN2O3S.Na.H2O/c1-9(22)13-6-4-11-15(23)10-3-5-12(18)16(24-2)14(10)20(7-8-21)17(11)19-13;;/h3-6H,7H2,1-2H3;;1H2/q-1;+1;/p-1. The van der Waals surface area contributed by atoms with Crippen LogP contribution in [0.15, 0.2) is 34.0 Å². The summed E-state index contributed by atoms with van der Waals surface area (Å²) >= 11 is 7.63. The van der Waals surface area contributed by atoms with Gasteiger partial charge in [0.05, 0.1) is 20.8 Å². The first-order chi connectivity index (χ1) is 11.5. The predicted molar refractivity (Wildman–Crippen MR) is 97.9 cm³/mol. The maximum absolute atomic E-state index is 12.8. The molecule has 0 aliphatic rings. The van der Waals surface area contributed by atoms with E-state index in [9.17, 15) is 14.4 Å². The molecule has 1 aromatic carbocycles. The van der Waals surface area contributed by atoms with Crippen molar-refractivity contribution in [1.82, 2.24) is 9.55 Å². The zero-order valence-electron chi connectivity index (χ0n) is 14.4. The number of fused-ring (bicyclic) bond motifs is 2. The van der Waals surface area contributed by atoms with Gasteiger partial charge in [0.2, 0.25) is 0 Å². The molecule has 0 amide bonds. The molecule has 0 unspecified atom stereocenters. The van der Waals surface area contributed by atoms with Gasteiger partial charge in [-0.25, -0.2) is 11.3 Å². The molecule has 26 heavy (non-hydrogen) atoms. The zero-order chi connectivity index (χ0) is 17.4. The summed E-state index contributed by atoms with van der Waals surface area (Å²) < 4.78 is 1.59. The summed E-state index contributed by atoms with van der Waals surface area (Å²) in [6.45, 7) is 1.28. The monoisotopic (exact) mass is 399 g/mol. The summed E-state index contributed by atoms with van der Waals surface area (Å²) in [5.74, 6) is -0.220. The molecule has 0 radical (unpaired) electrons. The first-order valence-corrected chi connectivity index (χ1v) is 8.65. The Bertz CT molecular complexity index is 1070. The Kier molecular flexibility index (Phi) is 8.01. The Hall–Kier alpha value is -1.22. The number of hydrogen-bond acceptors (Lipinski definition) is 6. The van der Waals surface area contributed by atoms with Gasteiger partial charge in [0, 0.05) is 12.3 Å². The number of carbonyl (C=O) groups is 1. The predicted octanol–water partition coefficient (Wildman–Crippen LogP) is 0.0645. The number of rotatable bonds is 4. The summed E-state index contributed by atoms with van der Waals surface area (Å²) in [5, 5.41) is 1.28. The number of hydrogen-bond donors (Lipinski definition) is 0. The number of carbonyl (C=O) groups excluding carboxylic acids is 2. The number of benzene rings is 1. The Balaban J connectivity index is 0.00000169. The molecule has 0 fully saturated rings. The van der Waals surface area contributed by atoms with Crippen LogP contribution in [0.5, 0.6) is 0 Å². The number of nitrogens with zero attached hydrogens (tertiary/aromatic N) is 2. The summed E-state index contributed by atoms with van der Waals surface area (Å²) in [5.41, 5.74) is 0.829. The van der Waals surface area contributed by atoms with Crippen molar-refractivity contribution >= 4 is 57.4 Å². The van der Waals surface area contributed by atoms with Gasteiger partial charge in [-0.3, -0.25) is 9.59 Å². The third-order valence-corrected chi connectivity index (χ3v) is 5.01. The van der Waals surface area contributed by atoms with E-state index in [1.165, 1.54) is 24.8 Å². The van der Waals surface area contributed by atoms with Crippen LogP contribution < -0.4 is 35.0 Å². The van der Waals surface area contributed by atoms with Gasteiger partial charge >= 0.3 is 29.6 Å². The average Bonchev–Trinajstić information content (AvgIpc) is 2.57. The van der Waals surface area contributed by atoms with Crippen molar-refractivity contribution in [3.63, 3.8) is 0 Å². The molecule has 130 valence electrons. The normalized spacial score (nSPS) is 10.3. The van der Waals surface area contributed by atoms with E-state index >= 15 is 0 Å². The smallest absolute Gasteiger partial charge is 0.870 e. The fourth-order valence-electron chi connectivity index (χ4n) is 2.69. The van der Waals surface area contributed by atoms with Gasteiger partial charge in [-0.15, -0.1) is 11.8 Å². The fraction of sp³-hybridized carbons (Fsp3) is 0.176. The summed E-state index contributed by atoms with van der Waals surface area (Å²) in [4.78, 5) is 40.5. The Labute approximate surface area is 180 Å². The van der Waals surface area contributed by atoms with Crippen molar-refractivity contribution in [1.29, 1.82) is 0 Å². The van der Waals surface area contributed by atoms with Crippen LogP contribution in [-0.2, 0) is 11.3 Å². The molecule has 3 aromatic rings. The minimum atomic E-state index is -0.220. The summed E-state index contributed by atoms with van der Waals surface area (Å²) in [6.07, 6.45) is 3.68. The number of ketones is 1. The van der Waals surface area contributed by atoms with Crippen molar-refractivity contribution in [2.75, 3.05) is 6.26 Å². The molecule has 0 spiro atoms. The summed E-state index contributed by atoms with van der Waals surface area (Å²) in [6, 6.07) is 6.38. The Morgan fingerprint density at radius 1 is 1.27 bits per heavy atom. The van der Waals surface area contributed by atoms with Gasteiger partial charge in [-0.1, -0.05) is 18.1 Å². The van der Waals surface area contributed by atoms with Crippen molar-refractivity contribution in [2.45, 2.75) is 18.4 Å². The molecule has 1 N–H and O–H groups in total. The molecule has 2 aromatic heterocycles. The molecule has 9 heteroatoms. The maximum atomic E-state index is 12.8. The molecule has 0 saturated heterocycles. The van der Waals surface area contributed by atoms with Gasteiger partial charge in [0.25, 0.3) is 0 Å². The summed E-state index contributed by atoms with van der Waals surface area (Å²) in [7, 11) is 0. The number of halogens is 1. The zero-order valence-corrected chi connectivity index (χ0v) is 17.9. The van der Waals surface area contributed by atoms with E-state index < -0.39 is 0 Å². The number of thioether (sulfide) groups is 1.